The molecule has 0 saturated carbocycles. The van der Waals surface area contributed by atoms with Crippen molar-refractivity contribution in [2.75, 3.05) is 33.2 Å². The van der Waals surface area contributed by atoms with Gasteiger partial charge in [-0.2, -0.15) is 14.0 Å². The highest BCUT2D eigenvalue weighted by Crippen LogP contribution is 2.59. The molecule has 1 aromatic carbocycles. The van der Waals surface area contributed by atoms with Gasteiger partial charge in [0.15, 0.2) is 0 Å². The van der Waals surface area contributed by atoms with Crippen molar-refractivity contribution in [3.63, 3.8) is 0 Å². The van der Waals surface area contributed by atoms with Crippen LogP contribution in [0.3, 0.4) is 0 Å². The molecule has 3 N–H and O–H groups in total. The molecule has 3 amide bonds. The SMILES string of the molecule is CN(CC(C)(C)C#N)C(=O)[C@@H]1CC[C@@H]2CCN(CC(F)F)CC(NC(=O)c3cc4cc(C(F)(F)P(=O)(O)O)ccc4s3)C(=O)N21. The quantitative estimate of drug-likeness (QED) is 0.270. The standard InChI is InChI=1S/C28H34F4N5O6PS/c1-27(2,14-33)15-35(3)26(40)20-6-5-18-8-9-36(13-23(29)30)12-19(25(39)37(18)20)34-24(38)22-11-16-10-17(4-7-21(16)45-22)28(31,32)44(41,42)43/h4,7,10-11,18-20,23H,5-6,8-9,12-13,15H2,1-3H3,(H,34,38)(H2,41,42,43)/t18-,19?,20+/m1/s1. The van der Waals surface area contributed by atoms with Crippen molar-refractivity contribution >= 4 is 46.7 Å². The number of alkyl halides is 4. The zero-order valence-corrected chi connectivity index (χ0v) is 26.5. The second-order valence-electron chi connectivity index (χ2n) is 12.1. The Morgan fingerprint density at radius 3 is 2.53 bits per heavy atom. The third-order valence-corrected chi connectivity index (χ3v) is 10.1. The van der Waals surface area contributed by atoms with Crippen LogP contribution in [-0.4, -0.2) is 100.0 Å². The Bertz CT molecular complexity index is 1560. The second-order valence-corrected chi connectivity index (χ2v) is 14.8. The highest BCUT2D eigenvalue weighted by Gasteiger charge is 2.50. The molecule has 3 atom stereocenters. The number of fused-ring (bicyclic) bond motifs is 2. The highest BCUT2D eigenvalue weighted by atomic mass is 32.1. The van der Waals surface area contributed by atoms with Gasteiger partial charge in [0.25, 0.3) is 12.3 Å². The van der Waals surface area contributed by atoms with Crippen LogP contribution in [0.5, 0.6) is 0 Å². The summed E-state index contributed by atoms with van der Waals surface area (Å²) in [6, 6.07) is 3.62. The first-order valence-electron chi connectivity index (χ1n) is 14.1. The van der Waals surface area contributed by atoms with Crippen molar-refractivity contribution in [2.45, 2.75) is 63.3 Å². The maximum Gasteiger partial charge on any atom is 0.399 e. The van der Waals surface area contributed by atoms with Crippen LogP contribution in [0, 0.1) is 16.7 Å². The van der Waals surface area contributed by atoms with E-state index in [1.807, 2.05) is 0 Å². The third kappa shape index (κ3) is 7.49. The second kappa shape index (κ2) is 13.0. The number of carbonyl (C=O) groups is 3. The minimum Gasteiger partial charge on any atom is -0.342 e. The van der Waals surface area contributed by atoms with Crippen LogP contribution in [0.2, 0.25) is 0 Å². The summed E-state index contributed by atoms with van der Waals surface area (Å²) in [5.41, 5.74) is -6.24. The number of nitrogens with one attached hydrogen (secondary N) is 1. The lowest BCUT2D eigenvalue weighted by molar-refractivity contribution is -0.147. The highest BCUT2D eigenvalue weighted by molar-refractivity contribution is 7.52. The van der Waals surface area contributed by atoms with Crippen molar-refractivity contribution in [2.24, 2.45) is 5.41 Å². The summed E-state index contributed by atoms with van der Waals surface area (Å²) < 4.78 is 67.0. The van der Waals surface area contributed by atoms with Crippen molar-refractivity contribution in [1.29, 1.82) is 5.26 Å². The van der Waals surface area contributed by atoms with E-state index in [4.69, 9.17) is 9.79 Å². The van der Waals surface area contributed by atoms with Crippen LogP contribution in [0.25, 0.3) is 10.1 Å². The van der Waals surface area contributed by atoms with Gasteiger partial charge in [0.05, 0.1) is 22.9 Å². The molecule has 2 aliphatic rings. The number of thiophene rings is 1. The van der Waals surface area contributed by atoms with Gasteiger partial charge in [-0.05, 0) is 56.7 Å². The number of amides is 3. The Hall–Kier alpha value is -3.09. The van der Waals surface area contributed by atoms with Crippen LogP contribution in [0.1, 0.15) is 48.3 Å². The summed E-state index contributed by atoms with van der Waals surface area (Å²) in [6.45, 7) is 2.75. The largest absolute Gasteiger partial charge is 0.399 e. The molecule has 246 valence electrons. The van der Waals surface area contributed by atoms with E-state index < -0.39 is 67.1 Å². The van der Waals surface area contributed by atoms with E-state index in [1.54, 1.807) is 13.8 Å². The molecule has 11 nitrogen and oxygen atoms in total. The van der Waals surface area contributed by atoms with E-state index in [0.29, 0.717) is 24.0 Å². The third-order valence-electron chi connectivity index (χ3n) is 8.03. The van der Waals surface area contributed by atoms with Crippen molar-refractivity contribution < 1.29 is 46.3 Å². The number of benzene rings is 1. The van der Waals surface area contributed by atoms with Gasteiger partial charge in [0.1, 0.15) is 12.1 Å². The van der Waals surface area contributed by atoms with Gasteiger partial charge in [-0.15, -0.1) is 11.3 Å². The van der Waals surface area contributed by atoms with Gasteiger partial charge in [-0.25, -0.2) is 8.78 Å². The van der Waals surface area contributed by atoms with E-state index in [9.17, 15) is 41.8 Å². The van der Waals surface area contributed by atoms with E-state index in [1.165, 1.54) is 33.9 Å². The predicted molar refractivity (Wildman–Crippen MR) is 157 cm³/mol. The number of nitrogens with zero attached hydrogens (tertiary/aromatic N) is 4. The van der Waals surface area contributed by atoms with E-state index in [2.05, 4.69) is 11.4 Å². The summed E-state index contributed by atoms with van der Waals surface area (Å²) in [7, 11) is -4.29. The Morgan fingerprint density at radius 1 is 1.22 bits per heavy atom. The van der Waals surface area contributed by atoms with E-state index in [0.717, 1.165) is 23.5 Å². The molecule has 1 aromatic heterocycles. The van der Waals surface area contributed by atoms with Crippen LogP contribution >= 0.6 is 18.9 Å². The molecule has 2 saturated heterocycles. The minimum absolute atomic E-state index is 0.0130. The van der Waals surface area contributed by atoms with E-state index in [-0.39, 0.29) is 35.8 Å². The normalized spacial score (nSPS) is 21.8. The fourth-order valence-electron chi connectivity index (χ4n) is 5.85. The lowest BCUT2D eigenvalue weighted by Gasteiger charge is -2.39. The zero-order valence-electron chi connectivity index (χ0n) is 24.8. The van der Waals surface area contributed by atoms with Crippen LogP contribution in [0.4, 0.5) is 17.6 Å². The van der Waals surface area contributed by atoms with Gasteiger partial charge in [-0.3, -0.25) is 23.8 Å². The molecular weight excluding hydrogens is 641 g/mol. The Morgan fingerprint density at radius 2 is 1.91 bits per heavy atom. The fourth-order valence-corrected chi connectivity index (χ4v) is 7.27. The van der Waals surface area contributed by atoms with Crippen molar-refractivity contribution in [1.82, 2.24) is 20.0 Å². The maximum absolute atomic E-state index is 14.3. The van der Waals surface area contributed by atoms with Gasteiger partial charge in [0.2, 0.25) is 11.8 Å². The summed E-state index contributed by atoms with van der Waals surface area (Å²) in [5, 5.41) is 12.1. The van der Waals surface area contributed by atoms with Gasteiger partial charge in [0, 0.05) is 43.0 Å². The molecule has 1 unspecified atom stereocenters. The average Bonchev–Trinajstić information content (AvgIpc) is 3.56. The molecule has 4 rings (SSSR count). The summed E-state index contributed by atoms with van der Waals surface area (Å²) in [6.07, 6.45) is -1.60. The Labute approximate surface area is 260 Å². The first-order chi connectivity index (χ1) is 20.8. The minimum atomic E-state index is -5.83. The van der Waals surface area contributed by atoms with Crippen molar-refractivity contribution in [3.8, 4) is 6.07 Å². The molecule has 3 heterocycles. The Balaban J connectivity index is 1.61. The molecule has 2 fully saturated rings. The molecule has 0 spiro atoms. The molecular formula is C28H34F4N5O6PS. The van der Waals surface area contributed by atoms with Gasteiger partial charge < -0.3 is 24.9 Å². The molecule has 17 heteroatoms. The number of rotatable bonds is 9. The smallest absolute Gasteiger partial charge is 0.342 e. The monoisotopic (exact) mass is 675 g/mol. The summed E-state index contributed by atoms with van der Waals surface area (Å²) >= 11 is 0.882. The lowest BCUT2D eigenvalue weighted by Crippen LogP contribution is -2.61. The van der Waals surface area contributed by atoms with Gasteiger partial charge >= 0.3 is 13.3 Å². The first kappa shape index (κ1) is 34.8. The van der Waals surface area contributed by atoms with Crippen LogP contribution < -0.4 is 5.32 Å². The Kier molecular flexibility index (Phi) is 10.0. The summed E-state index contributed by atoms with van der Waals surface area (Å²) in [4.78, 5) is 63.2. The zero-order chi connectivity index (χ0) is 33.5. The van der Waals surface area contributed by atoms with Crippen LogP contribution in [-0.2, 0) is 19.8 Å². The molecule has 45 heavy (non-hydrogen) atoms. The average molecular weight is 676 g/mol. The number of carbonyl (C=O) groups excluding carboxylic acids is 3. The number of likely N-dealkylation sites (N-methyl/N-ethyl adjacent to an activating group) is 1. The number of nitriles is 1. The number of hydrogen-bond donors (Lipinski definition) is 3. The first-order valence-corrected chi connectivity index (χ1v) is 16.5. The van der Waals surface area contributed by atoms with Gasteiger partial charge in [-0.1, -0.05) is 6.07 Å². The number of halogens is 4. The van der Waals surface area contributed by atoms with Crippen molar-refractivity contribution in [3.05, 3.63) is 34.7 Å². The maximum atomic E-state index is 14.3. The number of hydrogen-bond acceptors (Lipinski definition) is 7. The molecule has 0 bridgehead atoms. The molecule has 2 aromatic rings. The predicted octanol–water partition coefficient (Wildman–Crippen LogP) is 3.57. The van der Waals surface area contributed by atoms with Crippen LogP contribution in [0.15, 0.2) is 24.3 Å². The fraction of sp³-hybridized carbons (Fsp3) is 0.571. The molecule has 0 radical (unpaired) electrons. The molecule has 2 aliphatic heterocycles. The summed E-state index contributed by atoms with van der Waals surface area (Å²) in [5.74, 6) is -1.79. The van der Waals surface area contributed by atoms with E-state index >= 15 is 0 Å². The lowest BCUT2D eigenvalue weighted by atomic mass is 9.95. The topological polar surface area (TPSA) is 154 Å². The molecule has 0 aliphatic carbocycles.